The molecule has 2 fully saturated rings. The van der Waals surface area contributed by atoms with Gasteiger partial charge in [0.15, 0.2) is 5.65 Å². The summed E-state index contributed by atoms with van der Waals surface area (Å²) in [5.74, 6) is 0.707. The molecule has 4 atom stereocenters. The second kappa shape index (κ2) is 8.41. The van der Waals surface area contributed by atoms with Crippen LogP contribution in [0, 0.1) is 0 Å². The van der Waals surface area contributed by atoms with E-state index in [0.717, 1.165) is 19.3 Å². The minimum absolute atomic E-state index is 0.0883. The highest BCUT2D eigenvalue weighted by molar-refractivity contribution is 6.00. The molecular formula is C23H29N7O4. The summed E-state index contributed by atoms with van der Waals surface area (Å²) in [6.07, 6.45) is 5.83. The Kier molecular flexibility index (Phi) is 5.53. The molecule has 3 aromatic heterocycles. The second-order valence-electron chi connectivity index (χ2n) is 9.12. The van der Waals surface area contributed by atoms with Gasteiger partial charge in [0.25, 0.3) is 11.5 Å². The van der Waals surface area contributed by atoms with E-state index >= 15 is 0 Å². The molecule has 11 heteroatoms. The third kappa shape index (κ3) is 3.61. The van der Waals surface area contributed by atoms with Crippen LogP contribution in [0.1, 0.15) is 49.0 Å². The van der Waals surface area contributed by atoms with E-state index in [1.54, 1.807) is 47.6 Å². The zero-order chi connectivity index (χ0) is 24.0. The maximum Gasteiger partial charge on any atom is 0.274 e. The number of fused-ring (bicyclic) bond motifs is 1. The monoisotopic (exact) mass is 467 g/mol. The first-order valence-electron chi connectivity index (χ1n) is 11.4. The topological polar surface area (TPSA) is 135 Å². The van der Waals surface area contributed by atoms with Gasteiger partial charge in [0.2, 0.25) is 0 Å². The number of aromatic nitrogens is 4. The summed E-state index contributed by atoms with van der Waals surface area (Å²) in [5.41, 5.74) is 0.394. The van der Waals surface area contributed by atoms with Crippen LogP contribution in [0.4, 0.5) is 17.3 Å². The minimum atomic E-state index is -0.512. The molecule has 2 aliphatic rings. The van der Waals surface area contributed by atoms with Crippen molar-refractivity contribution in [2.24, 2.45) is 0 Å². The van der Waals surface area contributed by atoms with Crippen molar-refractivity contribution in [3.8, 4) is 0 Å². The van der Waals surface area contributed by atoms with E-state index in [4.69, 9.17) is 4.74 Å². The number of amides is 1. The van der Waals surface area contributed by atoms with Crippen LogP contribution in [0.15, 0.2) is 35.4 Å². The fraction of sp³-hybridized carbons (Fsp3) is 0.478. The first-order chi connectivity index (χ1) is 16.3. The Bertz CT molecular complexity index is 1300. The molecule has 3 aromatic rings. The van der Waals surface area contributed by atoms with Crippen LogP contribution in [-0.4, -0.2) is 62.1 Å². The lowest BCUT2D eigenvalue weighted by Gasteiger charge is -2.45. The molecule has 0 aliphatic heterocycles. The molecule has 2 saturated carbocycles. The Morgan fingerprint density at radius 1 is 1.32 bits per heavy atom. The van der Waals surface area contributed by atoms with Gasteiger partial charge in [-0.25, -0.2) is 4.98 Å². The van der Waals surface area contributed by atoms with Gasteiger partial charge in [-0.3, -0.25) is 9.59 Å². The molecule has 0 radical (unpaired) electrons. The van der Waals surface area contributed by atoms with Gasteiger partial charge in [0, 0.05) is 26.4 Å². The maximum atomic E-state index is 13.1. The quantitative estimate of drug-likeness (QED) is 0.412. The fourth-order valence-electron chi connectivity index (χ4n) is 4.56. The fourth-order valence-corrected chi connectivity index (χ4v) is 4.56. The van der Waals surface area contributed by atoms with Crippen molar-refractivity contribution in [1.29, 1.82) is 0 Å². The predicted octanol–water partition coefficient (Wildman–Crippen LogP) is 1.67. The van der Waals surface area contributed by atoms with E-state index in [9.17, 15) is 14.7 Å². The van der Waals surface area contributed by atoms with E-state index in [-0.39, 0.29) is 29.2 Å². The van der Waals surface area contributed by atoms with Gasteiger partial charge in [-0.05, 0) is 44.7 Å². The van der Waals surface area contributed by atoms with E-state index in [0.29, 0.717) is 35.0 Å². The molecule has 34 heavy (non-hydrogen) atoms. The number of anilines is 3. The Balaban J connectivity index is 1.46. The molecule has 1 unspecified atom stereocenters. The Labute approximate surface area is 196 Å². The van der Waals surface area contributed by atoms with Crippen LogP contribution in [-0.2, 0) is 4.74 Å². The number of pyridine rings is 1. The molecule has 180 valence electrons. The number of rotatable bonds is 7. The largest absolute Gasteiger partial charge is 0.391 e. The summed E-state index contributed by atoms with van der Waals surface area (Å²) in [4.78, 5) is 30.7. The van der Waals surface area contributed by atoms with Gasteiger partial charge in [-0.2, -0.15) is 9.61 Å². The summed E-state index contributed by atoms with van der Waals surface area (Å²) in [5, 5.41) is 23.5. The lowest BCUT2D eigenvalue weighted by Crippen LogP contribution is -2.59. The number of carbonyl (C=O) groups is 1. The normalized spacial score (nSPS) is 25.9. The molecule has 0 aromatic carbocycles. The standard InChI is InChI=1S/C23H29N7O4/c1-23(34-3)9-8-17(23)27-21(32)13-12-25-30-19(24-2)11-18(28-20(13)30)26-14-5-4-10-29(22(14)33)15-6-7-16(15)31/h4-5,10-12,15-17,24,31H,6-9H2,1-3H3,(H,26,28)(H,27,32)/t15?,16-,17+,23+/m1/s1. The van der Waals surface area contributed by atoms with Crippen LogP contribution < -0.4 is 21.5 Å². The summed E-state index contributed by atoms with van der Waals surface area (Å²) in [6.45, 7) is 1.98. The number of carbonyl (C=O) groups excluding carboxylic acids is 1. The van der Waals surface area contributed by atoms with E-state index in [1.165, 1.54) is 6.20 Å². The van der Waals surface area contributed by atoms with Gasteiger partial charge >= 0.3 is 0 Å². The number of nitrogens with zero attached hydrogens (tertiary/aromatic N) is 4. The van der Waals surface area contributed by atoms with Crippen molar-refractivity contribution in [1.82, 2.24) is 24.5 Å². The minimum Gasteiger partial charge on any atom is -0.391 e. The van der Waals surface area contributed by atoms with Crippen LogP contribution in [0.2, 0.25) is 0 Å². The maximum absolute atomic E-state index is 13.1. The number of hydrogen-bond donors (Lipinski definition) is 4. The molecule has 0 saturated heterocycles. The number of aliphatic hydroxyl groups is 1. The number of aliphatic hydroxyl groups excluding tert-OH is 1. The van der Waals surface area contributed by atoms with Crippen LogP contribution in [0.25, 0.3) is 5.65 Å². The molecular weight excluding hydrogens is 438 g/mol. The van der Waals surface area contributed by atoms with E-state index < -0.39 is 6.10 Å². The van der Waals surface area contributed by atoms with Crippen molar-refractivity contribution in [3.63, 3.8) is 0 Å². The molecule has 0 spiro atoms. The highest BCUT2D eigenvalue weighted by Crippen LogP contribution is 2.35. The number of nitrogens with one attached hydrogen (secondary N) is 3. The molecule has 11 nitrogen and oxygen atoms in total. The number of methoxy groups -OCH3 is 1. The lowest BCUT2D eigenvalue weighted by atomic mass is 9.76. The zero-order valence-electron chi connectivity index (χ0n) is 19.4. The molecule has 3 heterocycles. The molecule has 4 N–H and O–H groups in total. The van der Waals surface area contributed by atoms with Gasteiger partial charge in [-0.1, -0.05) is 0 Å². The average Bonchev–Trinajstić information content (AvgIpc) is 3.26. The Hall–Kier alpha value is -3.44. The van der Waals surface area contributed by atoms with E-state index in [1.807, 2.05) is 6.92 Å². The van der Waals surface area contributed by atoms with Crippen LogP contribution >= 0.6 is 0 Å². The van der Waals surface area contributed by atoms with Crippen molar-refractivity contribution >= 4 is 28.9 Å². The number of ether oxygens (including phenoxy) is 1. The summed E-state index contributed by atoms with van der Waals surface area (Å²) >= 11 is 0. The molecule has 2 aliphatic carbocycles. The van der Waals surface area contributed by atoms with Crippen molar-refractivity contribution < 1.29 is 14.6 Å². The smallest absolute Gasteiger partial charge is 0.274 e. The third-order valence-electron chi connectivity index (χ3n) is 7.21. The summed E-state index contributed by atoms with van der Waals surface area (Å²) < 4.78 is 8.65. The first kappa shape index (κ1) is 22.4. The molecule has 1 amide bonds. The second-order valence-corrected chi connectivity index (χ2v) is 9.12. The Morgan fingerprint density at radius 3 is 2.76 bits per heavy atom. The highest BCUT2D eigenvalue weighted by atomic mass is 16.5. The van der Waals surface area contributed by atoms with Gasteiger partial charge in [-0.15, -0.1) is 0 Å². The van der Waals surface area contributed by atoms with Gasteiger partial charge in [0.1, 0.15) is 22.9 Å². The average molecular weight is 468 g/mol. The van der Waals surface area contributed by atoms with Gasteiger partial charge in [0.05, 0.1) is 30.0 Å². The van der Waals surface area contributed by atoms with Crippen LogP contribution in [0.5, 0.6) is 0 Å². The van der Waals surface area contributed by atoms with Crippen molar-refractivity contribution in [2.45, 2.75) is 56.4 Å². The predicted molar refractivity (Wildman–Crippen MR) is 127 cm³/mol. The van der Waals surface area contributed by atoms with E-state index in [2.05, 4.69) is 26.0 Å². The molecule has 5 rings (SSSR count). The third-order valence-corrected chi connectivity index (χ3v) is 7.21. The van der Waals surface area contributed by atoms with Crippen LogP contribution in [0.3, 0.4) is 0 Å². The van der Waals surface area contributed by atoms with Crippen molar-refractivity contribution in [3.05, 3.63) is 46.5 Å². The molecule has 0 bridgehead atoms. The summed E-state index contributed by atoms with van der Waals surface area (Å²) in [6, 6.07) is 4.84. The lowest BCUT2D eigenvalue weighted by molar-refractivity contribution is -0.0828. The van der Waals surface area contributed by atoms with Crippen molar-refractivity contribution in [2.75, 3.05) is 24.8 Å². The number of hydrogen-bond acceptors (Lipinski definition) is 8. The summed E-state index contributed by atoms with van der Waals surface area (Å²) in [7, 11) is 3.39. The zero-order valence-corrected chi connectivity index (χ0v) is 19.4. The SMILES string of the molecule is CNc1cc(Nc2cccn(C3CC[C@H]3O)c2=O)nc2c(C(=O)N[C@H]3CC[C@]3(C)OC)cnn12. The first-order valence-corrected chi connectivity index (χ1v) is 11.4. The van der Waals surface area contributed by atoms with Gasteiger partial charge < -0.3 is 30.4 Å². The Morgan fingerprint density at radius 2 is 2.15 bits per heavy atom. The highest BCUT2D eigenvalue weighted by Gasteiger charge is 2.44.